The van der Waals surface area contributed by atoms with Crippen molar-refractivity contribution in [2.24, 2.45) is 5.41 Å². The number of halogens is 2. The Bertz CT molecular complexity index is 2740. The van der Waals surface area contributed by atoms with Crippen molar-refractivity contribution in [1.82, 2.24) is 24.5 Å². The molecule has 0 spiro atoms. The third kappa shape index (κ3) is 11.4. The number of alkyl halides is 1. The molecule has 2 saturated heterocycles. The number of nitro benzene ring substituents is 1. The van der Waals surface area contributed by atoms with Gasteiger partial charge in [-0.2, -0.15) is 0 Å². The fourth-order valence-electron chi connectivity index (χ4n) is 9.08. The number of aromatic amines is 1. The smallest absolute Gasteiger partial charge is 0.137 e. The summed E-state index contributed by atoms with van der Waals surface area (Å²) < 4.78 is 43.9. The molecule has 1 atom stereocenters. The summed E-state index contributed by atoms with van der Waals surface area (Å²) in [5, 5.41) is 16.8. The average molecular weight is 980 g/mol. The van der Waals surface area contributed by atoms with Crippen LogP contribution < -0.4 is 14.9 Å². The van der Waals surface area contributed by atoms with Crippen molar-refractivity contribution in [2.45, 2.75) is 53.8 Å². The Morgan fingerprint density at radius 2 is 1.79 bits per heavy atom. The van der Waals surface area contributed by atoms with Crippen LogP contribution in [0.4, 0.5) is 21.5 Å². The predicted molar refractivity (Wildman–Crippen MR) is 265 cm³/mol. The van der Waals surface area contributed by atoms with Crippen molar-refractivity contribution >= 4 is 80.5 Å². The molecule has 0 radical (unpaired) electrons. The molecule has 4 heterocycles. The van der Waals surface area contributed by atoms with Gasteiger partial charge >= 0.3 is 151 Å². The molecule has 3 aromatic carbocycles. The first-order chi connectivity index (χ1) is 31.5. The quantitative estimate of drug-likeness (QED) is 0.0448. The molecule has 4 N–H and O–H groups in total. The van der Waals surface area contributed by atoms with E-state index >= 15 is 0 Å². The second kappa shape index (κ2) is 19.9. The summed E-state index contributed by atoms with van der Waals surface area (Å²) in [5.74, 6) is -0.899. The van der Waals surface area contributed by atoms with Crippen LogP contribution in [0.15, 0.2) is 105 Å². The maximum Gasteiger partial charge on any atom is 0.137 e. The van der Waals surface area contributed by atoms with E-state index in [0.717, 1.165) is 79.0 Å². The number of hydrogen-bond donors (Lipinski definition) is 4. The Morgan fingerprint density at radius 1 is 1.05 bits per heavy atom. The maximum absolute atomic E-state index is 14.2. The molecule has 5 aromatic rings. The van der Waals surface area contributed by atoms with Crippen LogP contribution in [0.3, 0.4) is 0 Å². The zero-order valence-corrected chi connectivity index (χ0v) is 40.7. The van der Waals surface area contributed by atoms with Gasteiger partial charge in [0.25, 0.3) is 5.91 Å². The zero-order chi connectivity index (χ0) is 46.8. The van der Waals surface area contributed by atoms with Crippen LogP contribution in [0, 0.1) is 15.5 Å². The van der Waals surface area contributed by atoms with E-state index in [1.165, 1.54) is 40.6 Å². The van der Waals surface area contributed by atoms with Crippen molar-refractivity contribution < 1.29 is 27.4 Å². The van der Waals surface area contributed by atoms with Crippen LogP contribution in [0.5, 0.6) is 0 Å². The first-order valence-corrected chi connectivity index (χ1v) is 27.8. The number of rotatable bonds is 15. The normalized spacial score (nSPS) is 19.1. The molecule has 1 amide bonds. The molecule has 19 heteroatoms. The third-order valence-electron chi connectivity index (χ3n) is 13.1. The number of hydrogen-bond acceptors (Lipinski definition) is 12. The average Bonchev–Trinajstić information content (AvgIpc) is 3.76. The van der Waals surface area contributed by atoms with Crippen molar-refractivity contribution in [2.75, 3.05) is 88.2 Å². The number of sulfonamides is 1. The van der Waals surface area contributed by atoms with Crippen LogP contribution in [0.25, 0.3) is 16.6 Å². The second-order valence-electron chi connectivity index (χ2n) is 18.7. The fraction of sp³-hybridized carbons (Fsp3) is 0.404. The minimum Gasteiger partial charge on any atom is -0.346 e. The Kier molecular flexibility index (Phi) is 14.5. The van der Waals surface area contributed by atoms with Crippen molar-refractivity contribution in [3.05, 3.63) is 117 Å². The monoisotopic (exact) mass is 978 g/mol. The van der Waals surface area contributed by atoms with E-state index in [9.17, 15) is 32.6 Å². The molecule has 66 heavy (non-hydrogen) atoms. The second-order valence-corrected chi connectivity index (χ2v) is 25.9. The van der Waals surface area contributed by atoms with Gasteiger partial charge in [-0.05, 0) is 78.3 Å². The molecule has 2 aromatic heterocycles. The minimum absolute atomic E-state index is 0.0167. The molecule has 0 saturated carbocycles. The minimum atomic E-state index is -4.61. The van der Waals surface area contributed by atoms with Crippen LogP contribution >= 0.6 is 30.9 Å². The number of aromatic nitrogens is 2. The number of amides is 1. The number of fused-ring (bicyclic) bond motifs is 1. The molecule has 2 aliphatic heterocycles. The number of pyridine rings is 1. The Hall–Kier alpha value is -4.61. The summed E-state index contributed by atoms with van der Waals surface area (Å²) >= 11 is 7.54. The van der Waals surface area contributed by atoms with Gasteiger partial charge in [0.05, 0.1) is 5.56 Å². The number of nitrogens with one attached hydrogen (secondary N) is 3. The molecule has 1 unspecified atom stereocenters. The number of piperazine rings is 1. The van der Waals surface area contributed by atoms with Gasteiger partial charge in [0.2, 0.25) is 0 Å². The molecule has 352 valence electrons. The van der Waals surface area contributed by atoms with Gasteiger partial charge in [-0.1, -0.05) is 54.9 Å². The number of anilines is 2. The van der Waals surface area contributed by atoms with E-state index in [1.54, 1.807) is 18.5 Å². The Morgan fingerprint density at radius 3 is 2.50 bits per heavy atom. The molecule has 3 aliphatic rings. The SMILES string of the molecule is CC1(C)CCC(CN2CCN(c3ccc(C(=O)NS(=O)(=O)c4ccc(NCC(CF)N5CC[PH](C)(O)CC5)c([N+](=O)[O-])c4)c(Sc4cnc5[nH]ccc5c4)c3)CC2)=C(c2ccc(Cl)cc2)C1. The maximum atomic E-state index is 14.2. The van der Waals surface area contributed by atoms with E-state index in [4.69, 9.17) is 11.6 Å². The number of nitro groups is 1. The van der Waals surface area contributed by atoms with E-state index in [1.807, 2.05) is 48.0 Å². The van der Waals surface area contributed by atoms with Gasteiger partial charge in [-0.25, -0.2) is 4.98 Å². The van der Waals surface area contributed by atoms with Crippen molar-refractivity contribution in [3.8, 4) is 0 Å². The molecular formula is C47H57ClFN8O6PS2. The van der Waals surface area contributed by atoms with Crippen molar-refractivity contribution in [3.63, 3.8) is 0 Å². The van der Waals surface area contributed by atoms with E-state index in [-0.39, 0.29) is 23.2 Å². The molecule has 1 aliphatic carbocycles. The number of carbonyl (C=O) groups is 1. The van der Waals surface area contributed by atoms with Crippen LogP contribution in [-0.4, -0.2) is 128 Å². The van der Waals surface area contributed by atoms with Crippen LogP contribution in [0.2, 0.25) is 5.02 Å². The number of carbonyl (C=O) groups excluding carboxylic acids is 1. The van der Waals surface area contributed by atoms with Gasteiger partial charge < -0.3 is 9.88 Å². The molecule has 14 nitrogen and oxygen atoms in total. The first-order valence-electron chi connectivity index (χ1n) is 22.3. The third-order valence-corrected chi connectivity index (χ3v) is 18.3. The number of allylic oxidation sites excluding steroid dienone is 1. The fourth-order valence-corrected chi connectivity index (χ4v) is 13.0. The zero-order valence-electron chi connectivity index (χ0n) is 37.4. The molecule has 2 fully saturated rings. The van der Waals surface area contributed by atoms with Gasteiger partial charge in [0, 0.05) is 71.0 Å². The standard InChI is InChI=1S/C47H57ClFN8O6PS2/c1-47(2)14-12-34(41(27-47)32-4-6-35(48)7-5-32)31-54-16-18-55(19-17-54)36-8-10-40(44(25-36)65-38-24-33-13-15-50-45(33)52-30-38)46(58)53-66(62,63)39-9-11-42(43(26-39)57(59)60)51-29-37(28-49)56-20-22-64(3,61)23-21-56/h4-11,13,15,24-26,30,37,51,61,64H,12,14,16-23,27-29,31H2,1-3H3,(H,50,52)(H,53,58). The van der Waals surface area contributed by atoms with E-state index in [2.05, 4.69) is 55.8 Å². The summed E-state index contributed by atoms with van der Waals surface area (Å²) in [6, 6.07) is 20.1. The summed E-state index contributed by atoms with van der Waals surface area (Å²) in [4.78, 5) is 51.1. The number of benzene rings is 3. The summed E-state index contributed by atoms with van der Waals surface area (Å²) in [6.45, 7) is 11.0. The Balaban J connectivity index is 0.988. The summed E-state index contributed by atoms with van der Waals surface area (Å²) in [6.07, 6.45) is 7.88. The van der Waals surface area contributed by atoms with E-state index in [0.29, 0.717) is 36.0 Å². The first kappa shape index (κ1) is 47.9. The van der Waals surface area contributed by atoms with Gasteiger partial charge in [0.15, 0.2) is 0 Å². The molecule has 8 rings (SSSR count). The van der Waals surface area contributed by atoms with Crippen LogP contribution in [0.1, 0.15) is 49.0 Å². The number of nitrogens with zero attached hydrogens (tertiary/aromatic N) is 5. The van der Waals surface area contributed by atoms with Crippen LogP contribution in [-0.2, 0) is 10.0 Å². The number of H-pyrrole nitrogens is 1. The molecule has 0 bridgehead atoms. The van der Waals surface area contributed by atoms with E-state index < -0.39 is 51.6 Å². The van der Waals surface area contributed by atoms with Gasteiger partial charge in [-0.3, -0.25) is 9.69 Å². The molecular weight excluding hydrogens is 922 g/mol. The van der Waals surface area contributed by atoms with Gasteiger partial charge in [0.1, 0.15) is 5.65 Å². The summed E-state index contributed by atoms with van der Waals surface area (Å²) in [5.41, 5.74) is 5.51. The Labute approximate surface area is 395 Å². The topological polar surface area (TPSA) is 177 Å². The largest absolute Gasteiger partial charge is 0.346 e. The summed E-state index contributed by atoms with van der Waals surface area (Å²) in [7, 11) is -6.90. The van der Waals surface area contributed by atoms with Gasteiger partial charge in [-0.15, -0.1) is 0 Å². The predicted octanol–water partition coefficient (Wildman–Crippen LogP) is 8.53. The van der Waals surface area contributed by atoms with Crippen molar-refractivity contribution in [1.29, 1.82) is 0 Å².